The number of aliphatic hydroxyl groups is 2. The van der Waals surface area contributed by atoms with Gasteiger partial charge in [0.2, 0.25) is 0 Å². The zero-order valence-electron chi connectivity index (χ0n) is 18.2. The van der Waals surface area contributed by atoms with E-state index in [2.05, 4.69) is 13.8 Å². The summed E-state index contributed by atoms with van der Waals surface area (Å²) in [5.41, 5.74) is 0. The van der Waals surface area contributed by atoms with Crippen molar-refractivity contribution in [2.24, 2.45) is 0 Å². The van der Waals surface area contributed by atoms with Crippen LogP contribution >= 0.6 is 0 Å². The van der Waals surface area contributed by atoms with Gasteiger partial charge in [-0.3, -0.25) is 0 Å². The van der Waals surface area contributed by atoms with Crippen molar-refractivity contribution in [3.63, 3.8) is 0 Å². The Morgan fingerprint density at radius 2 is 0.615 bits per heavy atom. The van der Waals surface area contributed by atoms with Gasteiger partial charge in [0, 0.05) is 12.8 Å². The number of rotatable bonds is 21. The normalized spacial score (nSPS) is 12.0. The van der Waals surface area contributed by atoms with Crippen molar-refractivity contribution in [1.29, 1.82) is 0 Å². The Morgan fingerprint density at radius 3 is 0.885 bits per heavy atom. The molecule has 2 N–H and O–H groups in total. The SMILES string of the molecule is CCCCCCCCCCCCCC(O)(O)CCCCCCCCCC. The van der Waals surface area contributed by atoms with E-state index in [9.17, 15) is 10.2 Å². The smallest absolute Gasteiger partial charge is 0.162 e. The van der Waals surface area contributed by atoms with Crippen molar-refractivity contribution < 1.29 is 10.2 Å². The first kappa shape index (κ1) is 25.9. The Hall–Kier alpha value is -0.0800. The molecule has 0 spiro atoms. The van der Waals surface area contributed by atoms with Crippen molar-refractivity contribution >= 4 is 0 Å². The number of hydrogen-bond acceptors (Lipinski definition) is 2. The van der Waals surface area contributed by atoms with Crippen molar-refractivity contribution in [1.82, 2.24) is 0 Å². The quantitative estimate of drug-likeness (QED) is 0.159. The van der Waals surface area contributed by atoms with E-state index in [-0.39, 0.29) is 0 Å². The third kappa shape index (κ3) is 20.2. The van der Waals surface area contributed by atoms with E-state index in [1.165, 1.54) is 96.3 Å². The molecule has 0 atom stereocenters. The summed E-state index contributed by atoms with van der Waals surface area (Å²) in [5.74, 6) is -1.42. The van der Waals surface area contributed by atoms with Crippen LogP contribution in [0.15, 0.2) is 0 Å². The highest BCUT2D eigenvalue weighted by Crippen LogP contribution is 2.21. The molecule has 0 rings (SSSR count). The van der Waals surface area contributed by atoms with Gasteiger partial charge in [-0.2, -0.15) is 0 Å². The lowest BCUT2D eigenvalue weighted by Crippen LogP contribution is -2.27. The third-order valence-corrected chi connectivity index (χ3v) is 5.61. The minimum atomic E-state index is -1.42. The molecule has 0 aliphatic carbocycles. The third-order valence-electron chi connectivity index (χ3n) is 5.61. The van der Waals surface area contributed by atoms with Crippen LogP contribution < -0.4 is 0 Å². The Balaban J connectivity index is 3.31. The Labute approximate surface area is 165 Å². The van der Waals surface area contributed by atoms with Gasteiger partial charge in [-0.05, 0) is 12.8 Å². The fourth-order valence-electron chi connectivity index (χ4n) is 3.74. The van der Waals surface area contributed by atoms with Crippen LogP contribution in [-0.4, -0.2) is 16.0 Å². The van der Waals surface area contributed by atoms with Gasteiger partial charge in [-0.15, -0.1) is 0 Å². The van der Waals surface area contributed by atoms with Crippen LogP contribution in [0.5, 0.6) is 0 Å². The molecule has 0 bridgehead atoms. The fraction of sp³-hybridized carbons (Fsp3) is 1.00. The Bertz CT molecular complexity index is 263. The molecule has 0 aliphatic heterocycles. The van der Waals surface area contributed by atoms with E-state index in [4.69, 9.17) is 0 Å². The molecule has 0 heterocycles. The van der Waals surface area contributed by atoms with Gasteiger partial charge >= 0.3 is 0 Å². The van der Waals surface area contributed by atoms with E-state index in [0.29, 0.717) is 12.8 Å². The van der Waals surface area contributed by atoms with Gasteiger partial charge in [-0.1, -0.05) is 123 Å². The second kappa shape index (κ2) is 19.7. The van der Waals surface area contributed by atoms with E-state index in [1.807, 2.05) is 0 Å². The molecule has 0 unspecified atom stereocenters. The van der Waals surface area contributed by atoms with E-state index in [0.717, 1.165) is 25.7 Å². The minimum Gasteiger partial charge on any atom is -0.366 e. The maximum absolute atomic E-state index is 10.1. The lowest BCUT2D eigenvalue weighted by Gasteiger charge is -2.21. The van der Waals surface area contributed by atoms with Gasteiger partial charge in [0.1, 0.15) is 0 Å². The van der Waals surface area contributed by atoms with Crippen LogP contribution in [0.3, 0.4) is 0 Å². The zero-order chi connectivity index (χ0) is 19.3. The van der Waals surface area contributed by atoms with Crippen LogP contribution in [0.4, 0.5) is 0 Å². The molecule has 158 valence electrons. The Kier molecular flexibility index (Phi) is 19.6. The predicted molar refractivity (Wildman–Crippen MR) is 115 cm³/mol. The van der Waals surface area contributed by atoms with Crippen molar-refractivity contribution in [3.8, 4) is 0 Å². The minimum absolute atomic E-state index is 0.555. The molecule has 0 aromatic rings. The lowest BCUT2D eigenvalue weighted by molar-refractivity contribution is -0.172. The van der Waals surface area contributed by atoms with E-state index >= 15 is 0 Å². The van der Waals surface area contributed by atoms with Crippen LogP contribution in [-0.2, 0) is 0 Å². The highest BCUT2D eigenvalue weighted by molar-refractivity contribution is 4.65. The molecule has 26 heavy (non-hydrogen) atoms. The maximum Gasteiger partial charge on any atom is 0.162 e. The molecule has 0 aromatic carbocycles. The van der Waals surface area contributed by atoms with E-state index in [1.54, 1.807) is 0 Å². The first-order valence-electron chi connectivity index (χ1n) is 12.1. The molecule has 0 aliphatic rings. The molecule has 0 fully saturated rings. The summed E-state index contributed by atoms with van der Waals surface area (Å²) >= 11 is 0. The van der Waals surface area contributed by atoms with E-state index < -0.39 is 5.79 Å². The second-order valence-corrected chi connectivity index (χ2v) is 8.49. The largest absolute Gasteiger partial charge is 0.366 e. The average molecular weight is 371 g/mol. The average Bonchev–Trinajstić information content (AvgIpc) is 2.62. The van der Waals surface area contributed by atoms with Gasteiger partial charge in [0.25, 0.3) is 0 Å². The Morgan fingerprint density at radius 1 is 0.385 bits per heavy atom. The summed E-state index contributed by atoms with van der Waals surface area (Å²) in [6.45, 7) is 4.51. The maximum atomic E-state index is 10.1. The molecule has 2 heteroatoms. The monoisotopic (exact) mass is 370 g/mol. The molecular weight excluding hydrogens is 320 g/mol. The zero-order valence-corrected chi connectivity index (χ0v) is 18.2. The highest BCUT2D eigenvalue weighted by Gasteiger charge is 2.21. The number of unbranched alkanes of at least 4 members (excludes halogenated alkanes) is 17. The molecule has 0 saturated carbocycles. The van der Waals surface area contributed by atoms with Gasteiger partial charge in [0.15, 0.2) is 5.79 Å². The summed E-state index contributed by atoms with van der Waals surface area (Å²) in [4.78, 5) is 0. The molecule has 0 radical (unpaired) electrons. The van der Waals surface area contributed by atoms with Gasteiger partial charge < -0.3 is 10.2 Å². The van der Waals surface area contributed by atoms with Crippen LogP contribution in [0.25, 0.3) is 0 Å². The van der Waals surface area contributed by atoms with Crippen molar-refractivity contribution in [2.75, 3.05) is 0 Å². The molecule has 0 aromatic heterocycles. The van der Waals surface area contributed by atoms with Crippen LogP contribution in [0, 0.1) is 0 Å². The highest BCUT2D eigenvalue weighted by atomic mass is 16.5. The second-order valence-electron chi connectivity index (χ2n) is 8.49. The first-order valence-corrected chi connectivity index (χ1v) is 12.1. The topological polar surface area (TPSA) is 40.5 Å². The first-order chi connectivity index (χ1) is 12.6. The summed E-state index contributed by atoms with van der Waals surface area (Å²) in [6.07, 6.45) is 25.5. The number of hydrogen-bond donors (Lipinski definition) is 2. The predicted octanol–water partition coefficient (Wildman–Crippen LogP) is 7.90. The van der Waals surface area contributed by atoms with Crippen molar-refractivity contribution in [3.05, 3.63) is 0 Å². The summed E-state index contributed by atoms with van der Waals surface area (Å²) < 4.78 is 0. The van der Waals surface area contributed by atoms with Crippen molar-refractivity contribution in [2.45, 2.75) is 154 Å². The summed E-state index contributed by atoms with van der Waals surface area (Å²) in [5, 5.41) is 20.2. The van der Waals surface area contributed by atoms with Gasteiger partial charge in [-0.25, -0.2) is 0 Å². The fourth-order valence-corrected chi connectivity index (χ4v) is 3.74. The molecule has 2 nitrogen and oxygen atoms in total. The van der Waals surface area contributed by atoms with Gasteiger partial charge in [0.05, 0.1) is 0 Å². The summed E-state index contributed by atoms with van der Waals surface area (Å²) in [7, 11) is 0. The molecule has 0 amide bonds. The summed E-state index contributed by atoms with van der Waals surface area (Å²) in [6, 6.07) is 0. The standard InChI is InChI=1S/C24H50O2/c1-3-5-7-9-11-13-14-15-17-19-21-23-24(25,26)22-20-18-16-12-10-8-6-4-2/h25-26H,3-23H2,1-2H3. The lowest BCUT2D eigenvalue weighted by atomic mass is 9.99. The molecular formula is C24H50O2. The van der Waals surface area contributed by atoms with Crippen LogP contribution in [0.1, 0.15) is 149 Å². The molecule has 0 saturated heterocycles. The van der Waals surface area contributed by atoms with Crippen LogP contribution in [0.2, 0.25) is 0 Å².